The van der Waals surface area contributed by atoms with Crippen LogP contribution in [0.4, 0.5) is 0 Å². The summed E-state index contributed by atoms with van der Waals surface area (Å²) in [6.45, 7) is 5.19. The summed E-state index contributed by atoms with van der Waals surface area (Å²) in [5, 5.41) is 7.91. The highest BCUT2D eigenvalue weighted by molar-refractivity contribution is 7.99. The van der Waals surface area contributed by atoms with Gasteiger partial charge in [-0.1, -0.05) is 31.7 Å². The van der Waals surface area contributed by atoms with E-state index in [1.165, 1.54) is 11.8 Å². The molecule has 29 heavy (non-hydrogen) atoms. The maximum Gasteiger partial charge on any atom is 0.245 e. The molecule has 1 aromatic heterocycles. The average molecular weight is 434 g/mol. The number of piperidine rings is 1. The summed E-state index contributed by atoms with van der Waals surface area (Å²) in [4.78, 5) is 1.86. The third kappa shape index (κ3) is 3.99. The van der Waals surface area contributed by atoms with Crippen molar-refractivity contribution in [3.63, 3.8) is 0 Å². The van der Waals surface area contributed by atoms with Gasteiger partial charge in [0.15, 0.2) is 11.0 Å². The highest BCUT2D eigenvalue weighted by atomic mass is 32.2. The first-order chi connectivity index (χ1) is 13.9. The monoisotopic (exact) mass is 433 g/mol. The van der Waals surface area contributed by atoms with E-state index < -0.39 is 10.0 Å². The molecule has 0 N–H and O–H groups in total. The van der Waals surface area contributed by atoms with Crippen molar-refractivity contribution in [3.8, 4) is 5.75 Å². The first-order valence-corrected chi connectivity index (χ1v) is 11.7. The molecule has 2 atom stereocenters. The second kappa shape index (κ2) is 7.97. The molecular formula is C20H23N3O4S2. The molecule has 0 amide bonds. The van der Waals surface area contributed by atoms with Crippen molar-refractivity contribution in [2.45, 2.75) is 35.0 Å². The summed E-state index contributed by atoms with van der Waals surface area (Å²) in [5.41, 5.74) is 0.709. The first kappa shape index (κ1) is 20.2. The van der Waals surface area contributed by atoms with E-state index in [-0.39, 0.29) is 10.4 Å². The Hall–Kier alpha value is -2.10. The van der Waals surface area contributed by atoms with Crippen LogP contribution >= 0.6 is 11.8 Å². The highest BCUT2D eigenvalue weighted by Crippen LogP contribution is 2.37. The maximum atomic E-state index is 13.3. The second-order valence-corrected chi connectivity index (χ2v) is 10.6. The fourth-order valence-corrected chi connectivity index (χ4v) is 6.58. The molecule has 2 unspecified atom stereocenters. The van der Waals surface area contributed by atoms with Gasteiger partial charge in [-0.3, -0.25) is 0 Å². The summed E-state index contributed by atoms with van der Waals surface area (Å²) in [6.07, 6.45) is 1.03. The quantitative estimate of drug-likeness (QED) is 0.600. The van der Waals surface area contributed by atoms with Crippen molar-refractivity contribution < 1.29 is 17.8 Å². The van der Waals surface area contributed by atoms with Gasteiger partial charge in [0.1, 0.15) is 10.6 Å². The van der Waals surface area contributed by atoms with Crippen LogP contribution in [0, 0.1) is 11.8 Å². The zero-order valence-electron chi connectivity index (χ0n) is 16.5. The van der Waals surface area contributed by atoms with Crippen LogP contribution < -0.4 is 4.74 Å². The lowest BCUT2D eigenvalue weighted by Crippen LogP contribution is -2.42. The lowest BCUT2D eigenvalue weighted by Gasteiger charge is -2.34. The predicted molar refractivity (Wildman–Crippen MR) is 111 cm³/mol. The zero-order valence-corrected chi connectivity index (χ0v) is 18.2. The summed E-state index contributed by atoms with van der Waals surface area (Å²) in [7, 11) is -2.07. The number of benzene rings is 2. The van der Waals surface area contributed by atoms with Gasteiger partial charge in [-0.05, 0) is 58.9 Å². The number of nitrogens with zero attached hydrogens (tertiary/aromatic N) is 3. The second-order valence-electron chi connectivity index (χ2n) is 7.57. The zero-order chi connectivity index (χ0) is 20.6. The van der Waals surface area contributed by atoms with Crippen molar-refractivity contribution in [2.24, 2.45) is 11.8 Å². The minimum atomic E-state index is -3.68. The van der Waals surface area contributed by atoms with Crippen molar-refractivity contribution >= 4 is 32.8 Å². The fourth-order valence-electron chi connectivity index (χ4n) is 3.84. The minimum absolute atomic E-state index is 0.144. The van der Waals surface area contributed by atoms with Crippen LogP contribution in [-0.2, 0) is 10.0 Å². The molecule has 0 aliphatic carbocycles. The number of hydrogen-bond acceptors (Lipinski definition) is 7. The summed E-state index contributed by atoms with van der Waals surface area (Å²) in [5.74, 6) is 1.39. The first-order valence-electron chi connectivity index (χ1n) is 9.46. The Kier molecular flexibility index (Phi) is 5.54. The van der Waals surface area contributed by atoms with Crippen LogP contribution in [0.1, 0.15) is 20.3 Å². The summed E-state index contributed by atoms with van der Waals surface area (Å²) in [6, 6.07) is 11.0. The molecular weight excluding hydrogens is 410 g/mol. The van der Waals surface area contributed by atoms with Crippen molar-refractivity contribution in [2.75, 3.05) is 20.2 Å². The smallest absolute Gasteiger partial charge is 0.245 e. The van der Waals surface area contributed by atoms with E-state index in [9.17, 15) is 8.42 Å². The van der Waals surface area contributed by atoms with Crippen LogP contribution in [0.15, 0.2) is 55.7 Å². The number of hydrogen-bond donors (Lipinski definition) is 0. The van der Waals surface area contributed by atoms with E-state index >= 15 is 0 Å². The van der Waals surface area contributed by atoms with Gasteiger partial charge < -0.3 is 4.74 Å². The lowest BCUT2D eigenvalue weighted by molar-refractivity contribution is 0.222. The largest absolute Gasteiger partial charge is 0.497 e. The number of ether oxygens (including phenoxy) is 1. The molecule has 1 aliphatic rings. The van der Waals surface area contributed by atoms with Gasteiger partial charge in [0.2, 0.25) is 10.0 Å². The molecule has 3 aromatic rings. The normalized spacial score (nSPS) is 20.8. The minimum Gasteiger partial charge on any atom is -0.497 e. The standard InChI is InChI=1S/C20H23N3O4S2/c1-13-9-14(2)12-23(11-13)29(24,25)18-8-7-17(19-20(18)22-27-21-19)28-16-6-4-5-15(10-16)26-3/h4-8,10,13-14H,9,11-12H2,1-3H3. The topological polar surface area (TPSA) is 85.5 Å². The molecule has 9 heteroatoms. The number of methoxy groups -OCH3 is 1. The van der Waals surface area contributed by atoms with Gasteiger partial charge in [0.25, 0.3) is 0 Å². The molecule has 2 aromatic carbocycles. The van der Waals surface area contributed by atoms with E-state index in [0.717, 1.165) is 22.0 Å². The Labute approximate surface area is 174 Å². The van der Waals surface area contributed by atoms with E-state index in [4.69, 9.17) is 9.37 Å². The molecule has 1 fully saturated rings. The molecule has 0 spiro atoms. The summed E-state index contributed by atoms with van der Waals surface area (Å²) < 4.78 is 38.4. The molecule has 1 saturated heterocycles. The van der Waals surface area contributed by atoms with Gasteiger partial charge >= 0.3 is 0 Å². The molecule has 0 bridgehead atoms. The predicted octanol–water partition coefficient (Wildman–Crippen LogP) is 4.05. The van der Waals surface area contributed by atoms with Gasteiger partial charge in [-0.2, -0.15) is 4.31 Å². The van der Waals surface area contributed by atoms with Crippen LogP contribution in [0.3, 0.4) is 0 Å². The molecule has 7 nitrogen and oxygen atoms in total. The molecule has 4 rings (SSSR count). The van der Waals surface area contributed by atoms with Gasteiger partial charge in [0.05, 0.1) is 7.11 Å². The SMILES string of the molecule is COc1cccc(Sc2ccc(S(=O)(=O)N3CC(C)CC(C)C3)c3nonc23)c1. The van der Waals surface area contributed by atoms with Crippen LogP contribution in [0.2, 0.25) is 0 Å². The summed E-state index contributed by atoms with van der Waals surface area (Å²) >= 11 is 1.46. The molecule has 0 radical (unpaired) electrons. The molecule has 2 heterocycles. The Morgan fingerprint density at radius 1 is 1.10 bits per heavy atom. The van der Waals surface area contributed by atoms with E-state index in [1.807, 2.05) is 24.3 Å². The molecule has 0 saturated carbocycles. The number of fused-ring (bicyclic) bond motifs is 1. The van der Waals surface area contributed by atoms with Gasteiger partial charge in [-0.25, -0.2) is 13.0 Å². The van der Waals surface area contributed by atoms with E-state index in [2.05, 4.69) is 24.2 Å². The van der Waals surface area contributed by atoms with Crippen molar-refractivity contribution in [3.05, 3.63) is 36.4 Å². The number of sulfonamides is 1. The van der Waals surface area contributed by atoms with Crippen LogP contribution in [-0.4, -0.2) is 43.2 Å². The lowest BCUT2D eigenvalue weighted by atomic mass is 9.94. The van der Waals surface area contributed by atoms with Crippen LogP contribution in [0.5, 0.6) is 5.75 Å². The van der Waals surface area contributed by atoms with Gasteiger partial charge in [-0.15, -0.1) is 0 Å². The number of rotatable bonds is 5. The van der Waals surface area contributed by atoms with E-state index in [1.54, 1.807) is 23.5 Å². The highest BCUT2D eigenvalue weighted by Gasteiger charge is 2.34. The Morgan fingerprint density at radius 3 is 2.55 bits per heavy atom. The third-order valence-electron chi connectivity index (χ3n) is 5.06. The number of aromatic nitrogens is 2. The fraction of sp³-hybridized carbons (Fsp3) is 0.400. The Balaban J connectivity index is 1.71. The maximum absolute atomic E-state index is 13.3. The molecule has 154 valence electrons. The van der Waals surface area contributed by atoms with Crippen molar-refractivity contribution in [1.29, 1.82) is 0 Å². The van der Waals surface area contributed by atoms with E-state index in [0.29, 0.717) is 30.4 Å². The Bertz CT molecular complexity index is 1120. The van der Waals surface area contributed by atoms with Crippen molar-refractivity contribution in [1.82, 2.24) is 14.6 Å². The molecule has 1 aliphatic heterocycles. The average Bonchev–Trinajstić information content (AvgIpc) is 3.17. The van der Waals surface area contributed by atoms with Crippen LogP contribution in [0.25, 0.3) is 11.0 Å². The Morgan fingerprint density at radius 2 is 1.83 bits per heavy atom. The van der Waals surface area contributed by atoms with Gasteiger partial charge in [0, 0.05) is 22.9 Å². The third-order valence-corrected chi connectivity index (χ3v) is 7.97.